The molecule has 4 rings (SSSR count). The van der Waals surface area contributed by atoms with Crippen LogP contribution in [0.1, 0.15) is 42.7 Å². The molecule has 0 atom stereocenters. The molecule has 0 radical (unpaired) electrons. The molecule has 6 heteroatoms. The molecule has 1 N–H and O–H groups in total. The summed E-state index contributed by atoms with van der Waals surface area (Å²) in [5.41, 5.74) is 0.691. The van der Waals surface area contributed by atoms with Crippen molar-refractivity contribution in [2.24, 2.45) is 5.92 Å². The third-order valence-corrected chi connectivity index (χ3v) is 6.15. The van der Waals surface area contributed by atoms with Crippen LogP contribution in [-0.2, 0) is 9.53 Å². The standard InChI is InChI=1S/C19H24F2N2O2/c1-12-16(20)3-2-15(17(12)21)13-4-6-23(7-5-13)18(24)14-8-19(9-14)10-25-11-22-19/h2-3,13-14,22H,4-11H2,1H3/t14-,19+. The first-order valence-corrected chi connectivity index (χ1v) is 9.05. The summed E-state index contributed by atoms with van der Waals surface area (Å²) < 4.78 is 33.1. The van der Waals surface area contributed by atoms with Crippen molar-refractivity contribution in [2.75, 3.05) is 26.4 Å². The first kappa shape index (κ1) is 16.9. The van der Waals surface area contributed by atoms with E-state index < -0.39 is 11.6 Å². The van der Waals surface area contributed by atoms with Crippen LogP contribution in [0, 0.1) is 24.5 Å². The number of nitrogens with one attached hydrogen (secondary N) is 1. The van der Waals surface area contributed by atoms with E-state index in [2.05, 4.69) is 5.32 Å². The molecule has 1 spiro atoms. The quantitative estimate of drug-likeness (QED) is 0.892. The molecule has 136 valence electrons. The largest absolute Gasteiger partial charge is 0.364 e. The Morgan fingerprint density at radius 3 is 2.64 bits per heavy atom. The molecule has 1 aromatic rings. The number of rotatable bonds is 2. The molecule has 0 aromatic heterocycles. The third kappa shape index (κ3) is 2.95. The predicted octanol–water partition coefficient (Wildman–Crippen LogP) is 2.71. The van der Waals surface area contributed by atoms with Gasteiger partial charge in [-0.25, -0.2) is 8.78 Å². The molecule has 0 bridgehead atoms. The van der Waals surface area contributed by atoms with Crippen LogP contribution < -0.4 is 5.32 Å². The minimum absolute atomic E-state index is 0.0212. The summed E-state index contributed by atoms with van der Waals surface area (Å²) in [5.74, 6) is -0.583. The highest BCUT2D eigenvalue weighted by Gasteiger charge is 2.50. The van der Waals surface area contributed by atoms with Crippen LogP contribution in [0.2, 0.25) is 0 Å². The van der Waals surface area contributed by atoms with Crippen molar-refractivity contribution in [1.82, 2.24) is 10.2 Å². The van der Waals surface area contributed by atoms with Crippen molar-refractivity contribution in [3.8, 4) is 0 Å². The molecule has 1 aromatic carbocycles. The maximum Gasteiger partial charge on any atom is 0.225 e. The second kappa shape index (κ2) is 6.32. The van der Waals surface area contributed by atoms with E-state index in [1.54, 1.807) is 6.07 Å². The number of likely N-dealkylation sites (tertiary alicyclic amines) is 1. The van der Waals surface area contributed by atoms with E-state index in [1.807, 2.05) is 4.90 Å². The second-order valence-electron chi connectivity index (χ2n) is 7.73. The molecule has 1 amide bonds. The van der Waals surface area contributed by atoms with Crippen LogP contribution in [0.25, 0.3) is 0 Å². The number of piperidine rings is 1. The maximum atomic E-state index is 14.3. The van der Waals surface area contributed by atoms with Gasteiger partial charge in [-0.05, 0) is 50.2 Å². The van der Waals surface area contributed by atoms with Gasteiger partial charge in [0.05, 0.1) is 13.3 Å². The van der Waals surface area contributed by atoms with Crippen molar-refractivity contribution in [3.63, 3.8) is 0 Å². The average molecular weight is 350 g/mol. The van der Waals surface area contributed by atoms with E-state index in [0.717, 1.165) is 25.7 Å². The zero-order valence-electron chi connectivity index (χ0n) is 14.5. The smallest absolute Gasteiger partial charge is 0.225 e. The molecule has 2 heterocycles. The van der Waals surface area contributed by atoms with Gasteiger partial charge in [0, 0.05) is 30.1 Å². The highest BCUT2D eigenvalue weighted by molar-refractivity contribution is 5.80. The lowest BCUT2D eigenvalue weighted by atomic mass is 9.68. The third-order valence-electron chi connectivity index (χ3n) is 6.15. The summed E-state index contributed by atoms with van der Waals surface area (Å²) in [7, 11) is 0. The Hall–Kier alpha value is -1.53. The number of carbonyl (C=O) groups is 1. The van der Waals surface area contributed by atoms with E-state index in [4.69, 9.17) is 4.74 Å². The van der Waals surface area contributed by atoms with Gasteiger partial charge in [0.1, 0.15) is 11.6 Å². The highest BCUT2D eigenvalue weighted by Crippen LogP contribution is 2.42. The molecule has 3 fully saturated rings. The van der Waals surface area contributed by atoms with E-state index in [9.17, 15) is 13.6 Å². The van der Waals surface area contributed by atoms with E-state index in [1.165, 1.54) is 13.0 Å². The molecule has 3 aliphatic rings. The number of carbonyl (C=O) groups excluding carboxylic acids is 1. The van der Waals surface area contributed by atoms with Crippen LogP contribution in [0.15, 0.2) is 12.1 Å². The minimum Gasteiger partial charge on any atom is -0.364 e. The number of ether oxygens (including phenoxy) is 1. The summed E-state index contributed by atoms with van der Waals surface area (Å²) in [5, 5.41) is 3.34. The van der Waals surface area contributed by atoms with Crippen LogP contribution in [0.5, 0.6) is 0 Å². The summed E-state index contributed by atoms with van der Waals surface area (Å²) in [4.78, 5) is 14.6. The molecular formula is C19H24F2N2O2. The number of halogens is 2. The van der Waals surface area contributed by atoms with Crippen molar-refractivity contribution in [3.05, 3.63) is 34.9 Å². The van der Waals surface area contributed by atoms with Gasteiger partial charge in [-0.2, -0.15) is 0 Å². The molecule has 25 heavy (non-hydrogen) atoms. The Balaban J connectivity index is 1.34. The Morgan fingerprint density at radius 2 is 2.00 bits per heavy atom. The molecular weight excluding hydrogens is 326 g/mol. The van der Waals surface area contributed by atoms with Crippen LogP contribution >= 0.6 is 0 Å². The number of nitrogens with zero attached hydrogens (tertiary/aromatic N) is 1. The maximum absolute atomic E-state index is 14.3. The fourth-order valence-corrected chi connectivity index (χ4v) is 4.49. The highest BCUT2D eigenvalue weighted by atomic mass is 19.1. The Bertz CT molecular complexity index is 672. The monoisotopic (exact) mass is 350 g/mol. The molecule has 4 nitrogen and oxygen atoms in total. The van der Waals surface area contributed by atoms with E-state index >= 15 is 0 Å². The van der Waals surface area contributed by atoms with Crippen molar-refractivity contribution in [2.45, 2.75) is 44.1 Å². The number of benzene rings is 1. The molecule has 0 unspecified atom stereocenters. The minimum atomic E-state index is -0.503. The first-order valence-electron chi connectivity index (χ1n) is 9.05. The van der Waals surface area contributed by atoms with Crippen molar-refractivity contribution in [1.29, 1.82) is 0 Å². The predicted molar refractivity (Wildman–Crippen MR) is 89.1 cm³/mol. The zero-order valence-corrected chi connectivity index (χ0v) is 14.5. The van der Waals surface area contributed by atoms with Gasteiger partial charge in [-0.1, -0.05) is 6.07 Å². The second-order valence-corrected chi connectivity index (χ2v) is 7.73. The van der Waals surface area contributed by atoms with Crippen LogP contribution in [0.3, 0.4) is 0 Å². The van der Waals surface area contributed by atoms with Crippen LogP contribution in [-0.4, -0.2) is 42.8 Å². The fraction of sp³-hybridized carbons (Fsp3) is 0.632. The molecule has 2 saturated heterocycles. The lowest BCUT2D eigenvalue weighted by molar-refractivity contribution is -0.142. The average Bonchev–Trinajstić information content (AvgIpc) is 3.08. The van der Waals surface area contributed by atoms with Gasteiger partial charge in [0.15, 0.2) is 0 Å². The van der Waals surface area contributed by atoms with Gasteiger partial charge < -0.3 is 9.64 Å². The van der Waals surface area contributed by atoms with Gasteiger partial charge >= 0.3 is 0 Å². The van der Waals surface area contributed by atoms with Gasteiger partial charge in [-0.15, -0.1) is 0 Å². The SMILES string of the molecule is Cc1c(F)ccc(C2CCN(C(=O)[C@H]3C[C@]4(COCN4)C3)CC2)c1F. The Kier molecular flexibility index (Phi) is 4.28. The normalized spacial score (nSPS) is 29.9. The number of hydrogen-bond donors (Lipinski definition) is 1. The summed E-state index contributed by atoms with van der Waals surface area (Å²) in [6, 6.07) is 2.90. The number of amides is 1. The molecule has 1 saturated carbocycles. The summed E-state index contributed by atoms with van der Waals surface area (Å²) in [6.45, 7) is 4.04. The summed E-state index contributed by atoms with van der Waals surface area (Å²) in [6.07, 6.45) is 3.15. The lowest BCUT2D eigenvalue weighted by Gasteiger charge is -2.45. The Morgan fingerprint density at radius 1 is 1.28 bits per heavy atom. The van der Waals surface area contributed by atoms with Crippen molar-refractivity contribution >= 4 is 5.91 Å². The lowest BCUT2D eigenvalue weighted by Crippen LogP contribution is -2.58. The van der Waals surface area contributed by atoms with E-state index in [-0.39, 0.29) is 28.8 Å². The molecule has 2 aliphatic heterocycles. The van der Waals surface area contributed by atoms with Gasteiger partial charge in [0.25, 0.3) is 0 Å². The Labute approximate surface area is 146 Å². The topological polar surface area (TPSA) is 41.6 Å². The van der Waals surface area contributed by atoms with Gasteiger partial charge in [0.2, 0.25) is 5.91 Å². The first-order chi connectivity index (χ1) is 12.0. The fourth-order valence-electron chi connectivity index (χ4n) is 4.49. The van der Waals surface area contributed by atoms with Crippen molar-refractivity contribution < 1.29 is 18.3 Å². The van der Waals surface area contributed by atoms with Crippen LogP contribution in [0.4, 0.5) is 8.78 Å². The molecule has 1 aliphatic carbocycles. The van der Waals surface area contributed by atoms with E-state index in [0.29, 0.717) is 32.0 Å². The zero-order chi connectivity index (χ0) is 17.6. The van der Waals surface area contributed by atoms with Gasteiger partial charge in [-0.3, -0.25) is 10.1 Å². The summed E-state index contributed by atoms with van der Waals surface area (Å²) >= 11 is 0. The number of hydrogen-bond acceptors (Lipinski definition) is 3.